The van der Waals surface area contributed by atoms with Crippen molar-refractivity contribution < 1.29 is 4.79 Å². The Labute approximate surface area is 70.8 Å². The van der Waals surface area contributed by atoms with Crippen molar-refractivity contribution in [1.29, 1.82) is 0 Å². The summed E-state index contributed by atoms with van der Waals surface area (Å²) in [6.07, 6.45) is 2.21. The van der Waals surface area contributed by atoms with E-state index in [1.807, 2.05) is 13.8 Å². The van der Waals surface area contributed by atoms with Gasteiger partial charge in [0.25, 0.3) is 5.91 Å². The summed E-state index contributed by atoms with van der Waals surface area (Å²) in [6.45, 7) is 3.74. The van der Waals surface area contributed by atoms with Gasteiger partial charge in [-0.1, -0.05) is 6.92 Å². The molecule has 1 heterocycles. The fourth-order valence-electron chi connectivity index (χ4n) is 0.980. The smallest absolute Gasteiger partial charge is 0.269 e. The van der Waals surface area contributed by atoms with Gasteiger partial charge in [-0.25, -0.2) is 4.98 Å². The van der Waals surface area contributed by atoms with Crippen LogP contribution in [0.25, 0.3) is 0 Å². The van der Waals surface area contributed by atoms with E-state index in [-0.39, 0.29) is 5.69 Å². The van der Waals surface area contributed by atoms with E-state index in [0.29, 0.717) is 12.1 Å². The van der Waals surface area contributed by atoms with Crippen LogP contribution in [0.5, 0.6) is 0 Å². The molecule has 2 N–H and O–H groups in total. The van der Waals surface area contributed by atoms with Gasteiger partial charge in [0.2, 0.25) is 0 Å². The van der Waals surface area contributed by atoms with Crippen LogP contribution < -0.4 is 5.73 Å². The summed E-state index contributed by atoms with van der Waals surface area (Å²) in [5.74, 6) is -0.514. The summed E-state index contributed by atoms with van der Waals surface area (Å²) in [7, 11) is 0. The summed E-state index contributed by atoms with van der Waals surface area (Å²) < 4.78 is 0. The van der Waals surface area contributed by atoms with Crippen molar-refractivity contribution in [3.8, 4) is 0 Å². The molecule has 0 aliphatic rings. The number of amides is 1. The monoisotopic (exact) mass is 165 g/mol. The van der Waals surface area contributed by atoms with Gasteiger partial charge in [-0.2, -0.15) is 0 Å². The second-order valence-corrected chi connectivity index (χ2v) is 2.52. The number of carbonyl (C=O) groups is 1. The zero-order valence-electron chi connectivity index (χ0n) is 7.16. The average molecular weight is 165 g/mol. The van der Waals surface area contributed by atoms with E-state index in [1.54, 1.807) is 6.20 Å². The molecule has 0 aromatic carbocycles. The molecule has 1 aromatic rings. The Hall–Kier alpha value is -1.45. The Morgan fingerprint density at radius 3 is 2.83 bits per heavy atom. The molecule has 1 amide bonds. The van der Waals surface area contributed by atoms with Crippen molar-refractivity contribution in [2.75, 3.05) is 0 Å². The molecule has 0 unspecified atom stereocenters. The van der Waals surface area contributed by atoms with Crippen molar-refractivity contribution in [3.63, 3.8) is 0 Å². The largest absolute Gasteiger partial charge is 0.364 e. The van der Waals surface area contributed by atoms with Crippen molar-refractivity contribution >= 4 is 5.91 Å². The third-order valence-electron chi connectivity index (χ3n) is 1.53. The number of rotatable bonds is 2. The highest BCUT2D eigenvalue weighted by Gasteiger charge is 2.08. The fraction of sp³-hybridized carbons (Fsp3) is 0.375. The van der Waals surface area contributed by atoms with Crippen molar-refractivity contribution in [2.45, 2.75) is 20.3 Å². The molecule has 4 nitrogen and oxygen atoms in total. The van der Waals surface area contributed by atoms with Crippen molar-refractivity contribution in [3.05, 3.63) is 23.3 Å². The maximum Gasteiger partial charge on any atom is 0.269 e. The lowest BCUT2D eigenvalue weighted by Gasteiger charge is -2.02. The Morgan fingerprint density at radius 2 is 2.33 bits per heavy atom. The minimum absolute atomic E-state index is 0.281. The number of aryl methyl sites for hydroxylation is 2. The zero-order valence-corrected chi connectivity index (χ0v) is 7.16. The summed E-state index contributed by atoms with van der Waals surface area (Å²) >= 11 is 0. The van der Waals surface area contributed by atoms with E-state index in [2.05, 4.69) is 9.97 Å². The number of hydrogen-bond donors (Lipinski definition) is 1. The van der Waals surface area contributed by atoms with Crippen molar-refractivity contribution in [1.82, 2.24) is 9.97 Å². The van der Waals surface area contributed by atoms with Crippen LogP contribution in [0.15, 0.2) is 6.20 Å². The highest BCUT2D eigenvalue weighted by Crippen LogP contribution is 2.03. The number of hydrogen-bond acceptors (Lipinski definition) is 3. The van der Waals surface area contributed by atoms with Crippen LogP contribution in [-0.4, -0.2) is 15.9 Å². The molecule has 64 valence electrons. The lowest BCUT2D eigenvalue weighted by atomic mass is 10.2. The molecule has 0 saturated heterocycles. The SMILES string of the molecule is CCc1nc(C)cnc1C(N)=O. The molecule has 4 heteroatoms. The third kappa shape index (κ3) is 1.58. The maximum atomic E-state index is 10.8. The number of aromatic nitrogens is 2. The molecule has 0 bridgehead atoms. The fourth-order valence-corrected chi connectivity index (χ4v) is 0.980. The number of nitrogens with zero attached hydrogens (tertiary/aromatic N) is 2. The van der Waals surface area contributed by atoms with Gasteiger partial charge in [-0.05, 0) is 13.3 Å². The van der Waals surface area contributed by atoms with Crippen LogP contribution in [0.2, 0.25) is 0 Å². The molecule has 1 aromatic heterocycles. The van der Waals surface area contributed by atoms with Crippen LogP contribution in [0, 0.1) is 6.92 Å². The number of carbonyl (C=O) groups excluding carboxylic acids is 1. The second kappa shape index (κ2) is 3.30. The molecular formula is C8H11N3O. The third-order valence-corrected chi connectivity index (χ3v) is 1.53. The number of nitrogens with two attached hydrogens (primary N) is 1. The number of primary amides is 1. The normalized spacial score (nSPS) is 9.83. The summed E-state index contributed by atoms with van der Waals surface area (Å²) in [5, 5.41) is 0. The van der Waals surface area contributed by atoms with Gasteiger partial charge in [0.15, 0.2) is 0 Å². The van der Waals surface area contributed by atoms with E-state index in [1.165, 1.54) is 0 Å². The Bertz CT molecular complexity index is 309. The van der Waals surface area contributed by atoms with Gasteiger partial charge in [0.05, 0.1) is 11.4 Å². The Balaban J connectivity index is 3.20. The molecule has 0 fully saturated rings. The van der Waals surface area contributed by atoms with Gasteiger partial charge in [0, 0.05) is 6.20 Å². The molecule has 0 aliphatic carbocycles. The highest BCUT2D eigenvalue weighted by molar-refractivity contribution is 5.91. The summed E-state index contributed by atoms with van der Waals surface area (Å²) in [4.78, 5) is 18.9. The van der Waals surface area contributed by atoms with E-state index < -0.39 is 5.91 Å². The first-order valence-corrected chi connectivity index (χ1v) is 3.77. The van der Waals surface area contributed by atoms with E-state index in [9.17, 15) is 4.79 Å². The molecule has 0 saturated carbocycles. The lowest BCUT2D eigenvalue weighted by Crippen LogP contribution is -2.17. The van der Waals surface area contributed by atoms with Crippen LogP contribution >= 0.6 is 0 Å². The van der Waals surface area contributed by atoms with Gasteiger partial charge in [-0.3, -0.25) is 9.78 Å². The van der Waals surface area contributed by atoms with Crippen LogP contribution in [-0.2, 0) is 6.42 Å². The van der Waals surface area contributed by atoms with Crippen LogP contribution in [0.1, 0.15) is 28.8 Å². The van der Waals surface area contributed by atoms with E-state index in [4.69, 9.17) is 5.73 Å². The first-order valence-electron chi connectivity index (χ1n) is 3.77. The minimum atomic E-state index is -0.514. The molecule has 12 heavy (non-hydrogen) atoms. The summed E-state index contributed by atoms with van der Waals surface area (Å²) in [6, 6.07) is 0. The van der Waals surface area contributed by atoms with Gasteiger partial charge in [0.1, 0.15) is 5.69 Å². The van der Waals surface area contributed by atoms with Gasteiger partial charge < -0.3 is 5.73 Å². The predicted molar refractivity (Wildman–Crippen MR) is 44.7 cm³/mol. The summed E-state index contributed by atoms with van der Waals surface area (Å²) in [5.41, 5.74) is 6.85. The van der Waals surface area contributed by atoms with Crippen LogP contribution in [0.3, 0.4) is 0 Å². The molecule has 0 aliphatic heterocycles. The van der Waals surface area contributed by atoms with E-state index >= 15 is 0 Å². The predicted octanol–water partition coefficient (Wildman–Crippen LogP) is 0.446. The Kier molecular flexibility index (Phi) is 2.38. The first kappa shape index (κ1) is 8.64. The molecule has 1 rings (SSSR count). The van der Waals surface area contributed by atoms with Crippen molar-refractivity contribution in [2.24, 2.45) is 5.73 Å². The Morgan fingerprint density at radius 1 is 1.67 bits per heavy atom. The first-order chi connectivity index (χ1) is 5.65. The standard InChI is InChI=1S/C8H11N3O/c1-3-6-7(8(9)12)10-4-5(2)11-6/h4H,3H2,1-2H3,(H2,9,12). The molecule has 0 spiro atoms. The quantitative estimate of drug-likeness (QED) is 0.691. The maximum absolute atomic E-state index is 10.8. The highest BCUT2D eigenvalue weighted by atomic mass is 16.1. The second-order valence-electron chi connectivity index (χ2n) is 2.52. The minimum Gasteiger partial charge on any atom is -0.364 e. The van der Waals surface area contributed by atoms with Gasteiger partial charge >= 0.3 is 0 Å². The molecular weight excluding hydrogens is 154 g/mol. The zero-order chi connectivity index (χ0) is 9.14. The van der Waals surface area contributed by atoms with Gasteiger partial charge in [-0.15, -0.1) is 0 Å². The van der Waals surface area contributed by atoms with E-state index in [0.717, 1.165) is 5.69 Å². The molecule has 0 radical (unpaired) electrons. The topological polar surface area (TPSA) is 68.9 Å². The van der Waals surface area contributed by atoms with Crippen LogP contribution in [0.4, 0.5) is 0 Å². The molecule has 0 atom stereocenters. The average Bonchev–Trinajstić information content (AvgIpc) is 2.03. The lowest BCUT2D eigenvalue weighted by molar-refractivity contribution is 0.0994.